The third-order valence-electron chi connectivity index (χ3n) is 6.05. The van der Waals surface area contributed by atoms with Crippen molar-refractivity contribution in [1.82, 2.24) is 4.90 Å². The molecule has 0 atom stereocenters. The summed E-state index contributed by atoms with van der Waals surface area (Å²) in [6.45, 7) is 4.35. The van der Waals surface area contributed by atoms with Crippen molar-refractivity contribution in [3.8, 4) is 0 Å². The molecular weight excluding hydrogens is 478 g/mol. The molecule has 4 rings (SSSR count). The first-order chi connectivity index (χ1) is 16.8. The van der Waals surface area contributed by atoms with Crippen molar-refractivity contribution < 1.29 is 19.4 Å². The summed E-state index contributed by atoms with van der Waals surface area (Å²) in [6.07, 6.45) is 2.92. The molecule has 184 valence electrons. The number of hydrogen-bond acceptors (Lipinski definition) is 8. The molecule has 0 aliphatic carbocycles. The van der Waals surface area contributed by atoms with Crippen LogP contribution >= 0.6 is 11.6 Å². The van der Waals surface area contributed by atoms with Crippen LogP contribution in [0, 0.1) is 20.2 Å². The molecule has 2 heterocycles. The van der Waals surface area contributed by atoms with E-state index in [4.69, 9.17) is 16.3 Å². The number of carbonyl (C=O) groups excluding carboxylic acids is 1. The monoisotopic (exact) mass is 501 g/mol. The Morgan fingerprint density at radius 1 is 0.886 bits per heavy atom. The van der Waals surface area contributed by atoms with Gasteiger partial charge in [-0.2, -0.15) is 0 Å². The number of hydrogen-bond donors (Lipinski definition) is 0. The molecule has 1 amide bonds. The number of halogens is 1. The SMILES string of the molecule is O=C(/C=C/c1ccc(Cl)c([N+](=O)[O-])c1)N1CCN(c2ccc([N+](=O)[O-])c(N3CCOCC3)c2)CC1. The summed E-state index contributed by atoms with van der Waals surface area (Å²) in [5, 5.41) is 22.6. The third-order valence-corrected chi connectivity index (χ3v) is 6.37. The maximum absolute atomic E-state index is 12.6. The van der Waals surface area contributed by atoms with Crippen LogP contribution < -0.4 is 9.80 Å². The highest BCUT2D eigenvalue weighted by atomic mass is 35.5. The van der Waals surface area contributed by atoms with Crippen molar-refractivity contribution in [3.05, 3.63) is 73.3 Å². The predicted octanol–water partition coefficient (Wildman–Crippen LogP) is 3.36. The standard InChI is InChI=1S/C23H24ClN5O6/c24-19-4-1-17(15-21(19)29(33)34)2-6-23(30)27-9-7-25(8-10-27)18-3-5-20(28(31)32)22(16-18)26-11-13-35-14-12-26/h1-6,15-16H,7-14H2/b6-2+. The number of carbonyl (C=O) groups is 1. The molecule has 2 aromatic rings. The fourth-order valence-corrected chi connectivity index (χ4v) is 4.34. The van der Waals surface area contributed by atoms with Gasteiger partial charge in [0.2, 0.25) is 5.91 Å². The van der Waals surface area contributed by atoms with Gasteiger partial charge in [-0.3, -0.25) is 25.0 Å². The first kappa shape index (κ1) is 24.4. The fraction of sp³-hybridized carbons (Fsp3) is 0.348. The van der Waals surface area contributed by atoms with Crippen molar-refractivity contribution in [2.24, 2.45) is 0 Å². The molecule has 0 N–H and O–H groups in total. The molecule has 0 unspecified atom stereocenters. The second-order valence-corrected chi connectivity index (χ2v) is 8.55. The van der Waals surface area contributed by atoms with Gasteiger partial charge in [0.1, 0.15) is 10.7 Å². The predicted molar refractivity (Wildman–Crippen MR) is 132 cm³/mol. The summed E-state index contributed by atoms with van der Waals surface area (Å²) in [5.74, 6) is -0.194. The highest BCUT2D eigenvalue weighted by molar-refractivity contribution is 6.32. The summed E-state index contributed by atoms with van der Waals surface area (Å²) in [4.78, 5) is 40.1. The lowest BCUT2D eigenvalue weighted by Crippen LogP contribution is -2.48. The third kappa shape index (κ3) is 5.69. The molecule has 11 nitrogen and oxygen atoms in total. The largest absolute Gasteiger partial charge is 0.378 e. The zero-order valence-corrected chi connectivity index (χ0v) is 19.6. The van der Waals surface area contributed by atoms with Crippen LogP contribution in [-0.2, 0) is 9.53 Å². The normalized spacial score (nSPS) is 16.5. The molecule has 2 aromatic carbocycles. The number of anilines is 2. The number of amides is 1. The molecule has 12 heteroatoms. The molecule has 0 radical (unpaired) electrons. The Morgan fingerprint density at radius 2 is 1.57 bits per heavy atom. The number of piperazine rings is 1. The lowest BCUT2D eigenvalue weighted by atomic mass is 10.1. The Morgan fingerprint density at radius 3 is 2.23 bits per heavy atom. The van der Waals surface area contributed by atoms with E-state index in [1.807, 2.05) is 11.0 Å². The quantitative estimate of drug-likeness (QED) is 0.335. The van der Waals surface area contributed by atoms with Crippen molar-refractivity contribution in [3.63, 3.8) is 0 Å². The van der Waals surface area contributed by atoms with E-state index in [1.165, 1.54) is 30.4 Å². The van der Waals surface area contributed by atoms with E-state index in [1.54, 1.807) is 17.0 Å². The van der Waals surface area contributed by atoms with Crippen molar-refractivity contribution >= 4 is 46.3 Å². The zero-order valence-electron chi connectivity index (χ0n) is 18.8. The minimum absolute atomic E-state index is 0.0395. The summed E-state index contributed by atoms with van der Waals surface area (Å²) < 4.78 is 5.37. The maximum Gasteiger partial charge on any atom is 0.292 e. The van der Waals surface area contributed by atoms with Gasteiger partial charge in [-0.05, 0) is 29.8 Å². The lowest BCUT2D eigenvalue weighted by Gasteiger charge is -2.36. The number of nitro groups is 2. The Hall–Kier alpha value is -3.70. The van der Waals surface area contributed by atoms with Crippen LogP contribution in [0.3, 0.4) is 0 Å². The summed E-state index contributed by atoms with van der Waals surface area (Å²) in [6, 6.07) is 9.48. The zero-order chi connectivity index (χ0) is 24.9. The Balaban J connectivity index is 1.41. The van der Waals surface area contributed by atoms with Crippen LogP contribution in [0.25, 0.3) is 6.08 Å². The summed E-state index contributed by atoms with van der Waals surface area (Å²) >= 11 is 5.83. The van der Waals surface area contributed by atoms with Crippen LogP contribution in [-0.4, -0.2) is 73.1 Å². The smallest absolute Gasteiger partial charge is 0.292 e. The fourth-order valence-electron chi connectivity index (χ4n) is 4.15. The van der Waals surface area contributed by atoms with Gasteiger partial charge in [-0.1, -0.05) is 17.7 Å². The highest BCUT2D eigenvalue weighted by Crippen LogP contribution is 2.33. The van der Waals surface area contributed by atoms with Crippen molar-refractivity contribution in [1.29, 1.82) is 0 Å². The van der Waals surface area contributed by atoms with E-state index >= 15 is 0 Å². The van der Waals surface area contributed by atoms with Gasteiger partial charge in [0.05, 0.1) is 23.1 Å². The Labute approximate surface area is 206 Å². The van der Waals surface area contributed by atoms with Gasteiger partial charge in [-0.15, -0.1) is 0 Å². The van der Waals surface area contributed by atoms with Crippen LogP contribution in [0.5, 0.6) is 0 Å². The van der Waals surface area contributed by atoms with Crippen LogP contribution in [0.4, 0.5) is 22.7 Å². The average Bonchev–Trinajstić information content (AvgIpc) is 2.88. The molecule has 2 fully saturated rings. The average molecular weight is 502 g/mol. The van der Waals surface area contributed by atoms with E-state index < -0.39 is 4.92 Å². The summed E-state index contributed by atoms with van der Waals surface area (Å²) in [5.41, 5.74) is 1.81. The molecule has 2 saturated heterocycles. The van der Waals surface area contributed by atoms with Crippen LogP contribution in [0.2, 0.25) is 5.02 Å². The van der Waals surface area contributed by atoms with Gasteiger partial charge in [0.15, 0.2) is 0 Å². The first-order valence-electron chi connectivity index (χ1n) is 11.1. The Kier molecular flexibility index (Phi) is 7.47. The highest BCUT2D eigenvalue weighted by Gasteiger charge is 2.25. The van der Waals surface area contributed by atoms with E-state index in [2.05, 4.69) is 4.90 Å². The second-order valence-electron chi connectivity index (χ2n) is 8.14. The number of nitro benzene ring substituents is 2. The maximum atomic E-state index is 12.6. The molecule has 0 spiro atoms. The number of nitrogens with zero attached hydrogens (tertiary/aromatic N) is 5. The molecule has 35 heavy (non-hydrogen) atoms. The molecular formula is C23H24ClN5O6. The molecule has 0 aromatic heterocycles. The Bertz CT molecular complexity index is 1160. The summed E-state index contributed by atoms with van der Waals surface area (Å²) in [7, 11) is 0. The van der Waals surface area contributed by atoms with Gasteiger partial charge < -0.3 is 19.4 Å². The van der Waals surface area contributed by atoms with Crippen molar-refractivity contribution in [2.45, 2.75) is 0 Å². The molecule has 0 bridgehead atoms. The minimum Gasteiger partial charge on any atom is -0.378 e. The van der Waals surface area contributed by atoms with Gasteiger partial charge in [0, 0.05) is 63.2 Å². The van der Waals surface area contributed by atoms with Crippen LogP contribution in [0.1, 0.15) is 5.56 Å². The lowest BCUT2D eigenvalue weighted by molar-refractivity contribution is -0.384. The van der Waals surface area contributed by atoms with Crippen LogP contribution in [0.15, 0.2) is 42.5 Å². The second kappa shape index (κ2) is 10.7. The molecule has 0 saturated carbocycles. The van der Waals surface area contributed by atoms with E-state index in [-0.39, 0.29) is 27.2 Å². The van der Waals surface area contributed by atoms with Gasteiger partial charge in [-0.25, -0.2) is 0 Å². The number of ether oxygens (including phenoxy) is 1. The number of rotatable bonds is 6. The van der Waals surface area contributed by atoms with Crippen molar-refractivity contribution in [2.75, 3.05) is 62.3 Å². The number of benzene rings is 2. The first-order valence-corrected chi connectivity index (χ1v) is 11.5. The molecule has 2 aliphatic rings. The molecule has 2 aliphatic heterocycles. The van der Waals surface area contributed by atoms with E-state index in [0.717, 1.165) is 5.69 Å². The van der Waals surface area contributed by atoms with E-state index in [0.29, 0.717) is 63.7 Å². The minimum atomic E-state index is -0.566. The van der Waals surface area contributed by atoms with Gasteiger partial charge >= 0.3 is 0 Å². The van der Waals surface area contributed by atoms with Gasteiger partial charge in [0.25, 0.3) is 11.4 Å². The number of morpholine rings is 1. The van der Waals surface area contributed by atoms with E-state index in [9.17, 15) is 25.0 Å². The topological polar surface area (TPSA) is 122 Å².